The Hall–Kier alpha value is -2.65. The highest BCUT2D eigenvalue weighted by Gasteiger charge is 2.24. The van der Waals surface area contributed by atoms with E-state index in [9.17, 15) is 13.2 Å². The molecule has 0 radical (unpaired) electrons. The fraction of sp³-hybridized carbons (Fsp3) is 0.333. The molecule has 0 fully saturated rings. The summed E-state index contributed by atoms with van der Waals surface area (Å²) < 4.78 is 25.4. The normalized spacial score (nSPS) is 15.3. The number of aryl methyl sites for hydroxylation is 1. The van der Waals surface area contributed by atoms with Gasteiger partial charge in [-0.25, -0.2) is 18.4 Å². The smallest absolute Gasteiger partial charge is 0.277 e. The van der Waals surface area contributed by atoms with Gasteiger partial charge in [0.2, 0.25) is 10.0 Å². The van der Waals surface area contributed by atoms with E-state index < -0.39 is 10.0 Å². The summed E-state index contributed by atoms with van der Waals surface area (Å²) in [4.78, 5) is 25.3. The highest BCUT2D eigenvalue weighted by atomic mass is 32.2. The van der Waals surface area contributed by atoms with Crippen LogP contribution in [-0.4, -0.2) is 52.4 Å². The second-order valence-corrected chi connectivity index (χ2v) is 8.35. The lowest BCUT2D eigenvalue weighted by molar-refractivity contribution is 0.102. The van der Waals surface area contributed by atoms with E-state index in [0.717, 1.165) is 5.57 Å². The van der Waals surface area contributed by atoms with Crippen LogP contribution in [0.15, 0.2) is 36.7 Å². The first-order chi connectivity index (χ1) is 12.9. The molecule has 3 heterocycles. The Morgan fingerprint density at radius 3 is 2.78 bits per heavy atom. The summed E-state index contributed by atoms with van der Waals surface area (Å²) in [6.45, 7) is 4.05. The number of rotatable bonds is 5. The summed E-state index contributed by atoms with van der Waals surface area (Å²) in [6.07, 6.45) is 5.56. The third kappa shape index (κ3) is 4.37. The number of carbonyl (C=O) groups excluding carboxylic acids is 1. The van der Waals surface area contributed by atoms with Gasteiger partial charge < -0.3 is 5.32 Å². The third-order valence-corrected chi connectivity index (χ3v) is 6.18. The predicted octanol–water partition coefficient (Wildman–Crippen LogP) is 2.36. The number of hydrogen-bond donors (Lipinski definition) is 1. The lowest BCUT2D eigenvalue weighted by atomic mass is 10.1. The van der Waals surface area contributed by atoms with Crippen molar-refractivity contribution in [3.63, 3.8) is 0 Å². The Morgan fingerprint density at radius 1 is 1.33 bits per heavy atom. The summed E-state index contributed by atoms with van der Waals surface area (Å²) >= 11 is 0. The van der Waals surface area contributed by atoms with Gasteiger partial charge in [0, 0.05) is 22.1 Å². The summed E-state index contributed by atoms with van der Waals surface area (Å²) in [6, 6.07) is 5.23. The van der Waals surface area contributed by atoms with Gasteiger partial charge in [0.05, 0.1) is 23.3 Å². The quantitative estimate of drug-likeness (QED) is 0.839. The fourth-order valence-electron chi connectivity index (χ4n) is 2.75. The minimum absolute atomic E-state index is 0. The number of nitrogens with one attached hydrogen (secondary N) is 1. The SMILES string of the molecule is CCS(=O)(=O)N1CC=C(c2cnc(C)c(C(=O)Nc3ccccn3)n2)CC1.[HH].[HH]. The molecule has 0 saturated heterocycles. The van der Waals surface area contributed by atoms with Gasteiger partial charge in [-0.05, 0) is 38.0 Å². The van der Waals surface area contributed by atoms with Crippen LogP contribution in [0.25, 0.3) is 5.57 Å². The zero-order valence-electron chi connectivity index (χ0n) is 15.2. The van der Waals surface area contributed by atoms with Crippen molar-refractivity contribution in [1.82, 2.24) is 19.3 Å². The highest BCUT2D eigenvalue weighted by molar-refractivity contribution is 7.89. The number of pyridine rings is 1. The molecule has 8 nitrogen and oxygen atoms in total. The van der Waals surface area contributed by atoms with Crippen molar-refractivity contribution in [3.05, 3.63) is 53.8 Å². The van der Waals surface area contributed by atoms with Gasteiger partial charge in [-0.2, -0.15) is 4.31 Å². The summed E-state index contributed by atoms with van der Waals surface area (Å²) in [5, 5.41) is 2.70. The second-order valence-electron chi connectivity index (χ2n) is 6.10. The maximum atomic E-state index is 12.5. The predicted molar refractivity (Wildman–Crippen MR) is 107 cm³/mol. The Labute approximate surface area is 161 Å². The number of sulfonamides is 1. The molecule has 27 heavy (non-hydrogen) atoms. The van der Waals surface area contributed by atoms with E-state index in [2.05, 4.69) is 20.3 Å². The van der Waals surface area contributed by atoms with Gasteiger partial charge in [0.25, 0.3) is 5.91 Å². The molecule has 0 aliphatic carbocycles. The zero-order chi connectivity index (χ0) is 19.4. The van der Waals surface area contributed by atoms with E-state index in [4.69, 9.17) is 0 Å². The first-order valence-electron chi connectivity index (χ1n) is 8.64. The molecule has 9 heteroatoms. The van der Waals surface area contributed by atoms with Gasteiger partial charge in [0.15, 0.2) is 0 Å². The maximum absolute atomic E-state index is 12.5. The Morgan fingerprint density at radius 2 is 2.15 bits per heavy atom. The molecule has 1 aliphatic heterocycles. The van der Waals surface area contributed by atoms with Crippen molar-refractivity contribution in [2.75, 3.05) is 24.2 Å². The van der Waals surface area contributed by atoms with Crippen LogP contribution in [0, 0.1) is 6.92 Å². The summed E-state index contributed by atoms with van der Waals surface area (Å²) in [7, 11) is -3.21. The number of anilines is 1. The van der Waals surface area contributed by atoms with Gasteiger partial charge in [0.1, 0.15) is 11.5 Å². The van der Waals surface area contributed by atoms with Crippen LogP contribution in [-0.2, 0) is 10.0 Å². The highest BCUT2D eigenvalue weighted by Crippen LogP contribution is 2.23. The van der Waals surface area contributed by atoms with Gasteiger partial charge >= 0.3 is 0 Å². The van der Waals surface area contributed by atoms with Crippen molar-refractivity contribution < 1.29 is 16.1 Å². The van der Waals surface area contributed by atoms with Gasteiger partial charge in [-0.15, -0.1) is 0 Å². The number of nitrogens with zero attached hydrogens (tertiary/aromatic N) is 4. The van der Waals surface area contributed by atoms with Crippen LogP contribution in [0.4, 0.5) is 5.82 Å². The first kappa shape index (κ1) is 19.1. The monoisotopic (exact) mass is 391 g/mol. The molecule has 3 rings (SSSR count). The van der Waals surface area contributed by atoms with E-state index in [1.54, 1.807) is 44.4 Å². The number of carbonyl (C=O) groups is 1. The summed E-state index contributed by atoms with van der Waals surface area (Å²) in [5.41, 5.74) is 2.21. The molecule has 1 aliphatic rings. The molecule has 146 valence electrons. The largest absolute Gasteiger partial charge is 0.305 e. The molecule has 0 atom stereocenters. The minimum Gasteiger partial charge on any atom is -0.305 e. The molecule has 2 aromatic rings. The molecular formula is C18H25N5O3S. The van der Waals surface area contributed by atoms with Crippen LogP contribution in [0.2, 0.25) is 0 Å². The fourth-order valence-corrected chi connectivity index (χ4v) is 3.79. The van der Waals surface area contributed by atoms with E-state index in [0.29, 0.717) is 36.7 Å². The lowest BCUT2D eigenvalue weighted by Gasteiger charge is -2.25. The van der Waals surface area contributed by atoms with Crippen molar-refractivity contribution >= 4 is 27.3 Å². The number of aromatic nitrogens is 3. The Bertz CT molecular complexity index is 984. The van der Waals surface area contributed by atoms with E-state index in [1.807, 2.05) is 6.08 Å². The van der Waals surface area contributed by atoms with Crippen molar-refractivity contribution in [2.45, 2.75) is 20.3 Å². The van der Waals surface area contributed by atoms with Crippen molar-refractivity contribution in [2.24, 2.45) is 0 Å². The number of amides is 1. The van der Waals surface area contributed by atoms with Crippen molar-refractivity contribution in [3.8, 4) is 0 Å². The van der Waals surface area contributed by atoms with E-state index in [1.165, 1.54) is 4.31 Å². The zero-order valence-corrected chi connectivity index (χ0v) is 16.0. The van der Waals surface area contributed by atoms with Crippen molar-refractivity contribution in [1.29, 1.82) is 0 Å². The molecule has 0 bridgehead atoms. The van der Waals surface area contributed by atoms with Gasteiger partial charge in [-0.1, -0.05) is 12.1 Å². The molecule has 0 aromatic carbocycles. The first-order valence-corrected chi connectivity index (χ1v) is 10.2. The molecule has 0 unspecified atom stereocenters. The van der Waals surface area contributed by atoms with Crippen LogP contribution >= 0.6 is 0 Å². The maximum Gasteiger partial charge on any atom is 0.277 e. The molecule has 1 amide bonds. The van der Waals surface area contributed by atoms with E-state index >= 15 is 0 Å². The average Bonchev–Trinajstić information content (AvgIpc) is 2.69. The topological polar surface area (TPSA) is 105 Å². The molecule has 0 spiro atoms. The van der Waals surface area contributed by atoms with Gasteiger partial charge in [-0.3, -0.25) is 9.78 Å². The van der Waals surface area contributed by atoms with Crippen LogP contribution in [0.3, 0.4) is 0 Å². The second kappa shape index (κ2) is 7.93. The standard InChI is InChI=1S/C18H21N5O3S.2H2/c1-3-27(25,26)23-10-7-14(8-11-23)15-12-20-13(2)17(21-15)18(24)22-16-6-4-5-9-19-16;;/h4-7,9,12H,3,8,10-11H2,1-2H3,(H,19,22,24);2*1H. The average molecular weight is 391 g/mol. The van der Waals surface area contributed by atoms with Crippen LogP contribution < -0.4 is 5.32 Å². The van der Waals surface area contributed by atoms with E-state index in [-0.39, 0.29) is 20.2 Å². The van der Waals surface area contributed by atoms with Crippen LogP contribution in [0.5, 0.6) is 0 Å². The Kier molecular flexibility index (Phi) is 5.62. The van der Waals surface area contributed by atoms with Crippen LogP contribution in [0.1, 0.15) is 38.1 Å². The molecule has 2 aromatic heterocycles. The molecule has 1 N–H and O–H groups in total. The Balaban J connectivity index is 0.00000210. The molecule has 0 saturated carbocycles. The minimum atomic E-state index is -3.21. The summed E-state index contributed by atoms with van der Waals surface area (Å²) in [5.74, 6) is 0.136. The number of hydrogen-bond acceptors (Lipinski definition) is 6. The molecular weight excluding hydrogens is 366 g/mol. The third-order valence-electron chi connectivity index (χ3n) is 4.34. The lowest BCUT2D eigenvalue weighted by Crippen LogP contribution is -2.35.